The molecule has 0 bridgehead atoms. The molecule has 4 rings (SSSR count). The summed E-state index contributed by atoms with van der Waals surface area (Å²) in [7, 11) is 1.72. The number of benzene rings is 2. The van der Waals surface area contributed by atoms with Crippen LogP contribution in [0.15, 0.2) is 53.3 Å². The van der Waals surface area contributed by atoms with Crippen LogP contribution in [0.5, 0.6) is 11.5 Å². The average molecular weight is 409 g/mol. The first kappa shape index (κ1) is 19.3. The van der Waals surface area contributed by atoms with E-state index >= 15 is 0 Å². The van der Waals surface area contributed by atoms with Gasteiger partial charge in [-0.3, -0.25) is 14.3 Å². The largest absolute Gasteiger partial charge is 0.454 e. The van der Waals surface area contributed by atoms with Crippen LogP contribution in [0.2, 0.25) is 0 Å². The Morgan fingerprint density at radius 1 is 1.10 bits per heavy atom. The Kier molecular flexibility index (Phi) is 5.01. The minimum atomic E-state index is -0.685. The standard InChI is InChI=1S/C21H19N3O6/c1-13-19(20(26)24(23(13)2)15-6-4-3-5-7-15)22-18(25)11-28-21(27)14-8-9-16-17(10-14)30-12-29-16/h3-10H,11-12H2,1-2H3,(H,22,25). The SMILES string of the molecule is Cc1c(NC(=O)COC(=O)c2ccc3c(c2)OCO3)c(=O)n(-c2ccccc2)n1C. The third kappa shape index (κ3) is 3.52. The van der Waals surface area contributed by atoms with Gasteiger partial charge in [0.2, 0.25) is 6.79 Å². The van der Waals surface area contributed by atoms with Crippen LogP contribution < -0.4 is 20.3 Å². The van der Waals surface area contributed by atoms with Crippen LogP contribution in [0, 0.1) is 6.92 Å². The highest BCUT2D eigenvalue weighted by Gasteiger charge is 2.20. The maximum Gasteiger partial charge on any atom is 0.338 e. The van der Waals surface area contributed by atoms with Gasteiger partial charge in [0, 0.05) is 7.05 Å². The molecule has 0 aliphatic carbocycles. The Morgan fingerprint density at radius 3 is 2.60 bits per heavy atom. The molecule has 0 saturated carbocycles. The molecule has 0 saturated heterocycles. The topological polar surface area (TPSA) is 101 Å². The first-order valence-corrected chi connectivity index (χ1v) is 9.16. The van der Waals surface area contributed by atoms with Crippen molar-refractivity contribution in [2.45, 2.75) is 6.92 Å². The number of anilines is 1. The summed E-state index contributed by atoms with van der Waals surface area (Å²) in [5.41, 5.74) is 1.22. The van der Waals surface area contributed by atoms with Crippen LogP contribution in [0.3, 0.4) is 0 Å². The van der Waals surface area contributed by atoms with Gasteiger partial charge in [-0.15, -0.1) is 0 Å². The number of para-hydroxylation sites is 1. The zero-order valence-corrected chi connectivity index (χ0v) is 16.4. The number of nitrogens with zero attached hydrogens (tertiary/aromatic N) is 2. The minimum absolute atomic E-state index is 0.0905. The first-order valence-electron chi connectivity index (χ1n) is 9.16. The van der Waals surface area contributed by atoms with E-state index in [2.05, 4.69) is 5.32 Å². The van der Waals surface area contributed by atoms with E-state index in [9.17, 15) is 14.4 Å². The molecule has 0 unspecified atom stereocenters. The molecule has 2 heterocycles. The molecular weight excluding hydrogens is 390 g/mol. The van der Waals surface area contributed by atoms with Crippen LogP contribution in [0.4, 0.5) is 5.69 Å². The lowest BCUT2D eigenvalue weighted by Gasteiger charge is -2.07. The van der Waals surface area contributed by atoms with E-state index in [1.165, 1.54) is 16.8 Å². The van der Waals surface area contributed by atoms with Gasteiger partial charge in [-0.1, -0.05) is 18.2 Å². The number of hydrogen-bond acceptors (Lipinski definition) is 6. The van der Waals surface area contributed by atoms with E-state index < -0.39 is 18.5 Å². The summed E-state index contributed by atoms with van der Waals surface area (Å²) in [6, 6.07) is 13.7. The predicted octanol–water partition coefficient (Wildman–Crippen LogP) is 2.01. The first-order chi connectivity index (χ1) is 14.5. The Labute approximate surface area is 171 Å². The number of aromatic nitrogens is 2. The van der Waals surface area contributed by atoms with Crippen molar-refractivity contribution < 1.29 is 23.8 Å². The molecule has 1 aliphatic heterocycles. The van der Waals surface area contributed by atoms with Gasteiger partial charge in [-0.05, 0) is 37.3 Å². The normalized spacial score (nSPS) is 11.9. The number of hydrogen-bond donors (Lipinski definition) is 1. The van der Waals surface area contributed by atoms with Crippen LogP contribution >= 0.6 is 0 Å². The van der Waals surface area contributed by atoms with Gasteiger partial charge < -0.3 is 19.5 Å². The van der Waals surface area contributed by atoms with Crippen molar-refractivity contribution in [1.82, 2.24) is 9.36 Å². The summed E-state index contributed by atoms with van der Waals surface area (Å²) in [5, 5.41) is 2.54. The van der Waals surface area contributed by atoms with Gasteiger partial charge in [0.15, 0.2) is 18.1 Å². The van der Waals surface area contributed by atoms with Crippen LogP contribution in [0.25, 0.3) is 5.69 Å². The second-order valence-corrected chi connectivity index (χ2v) is 6.63. The Bertz CT molecular complexity index is 1180. The second-order valence-electron chi connectivity index (χ2n) is 6.63. The molecule has 3 aromatic rings. The number of carbonyl (C=O) groups is 2. The summed E-state index contributed by atoms with van der Waals surface area (Å²) in [6.07, 6.45) is 0. The molecule has 1 N–H and O–H groups in total. The molecule has 1 aromatic heterocycles. The molecule has 2 aromatic carbocycles. The Morgan fingerprint density at radius 2 is 1.83 bits per heavy atom. The monoisotopic (exact) mass is 409 g/mol. The molecule has 0 radical (unpaired) electrons. The van der Waals surface area contributed by atoms with Crippen molar-refractivity contribution in [1.29, 1.82) is 0 Å². The fourth-order valence-electron chi connectivity index (χ4n) is 3.13. The maximum atomic E-state index is 12.8. The van der Waals surface area contributed by atoms with Crippen molar-refractivity contribution >= 4 is 17.6 Å². The lowest BCUT2D eigenvalue weighted by Crippen LogP contribution is -2.25. The van der Waals surface area contributed by atoms with E-state index in [-0.39, 0.29) is 23.6 Å². The van der Waals surface area contributed by atoms with E-state index in [0.717, 1.165) is 0 Å². The van der Waals surface area contributed by atoms with Gasteiger partial charge in [0.1, 0.15) is 5.69 Å². The van der Waals surface area contributed by atoms with Crippen molar-refractivity contribution in [3.8, 4) is 17.2 Å². The summed E-state index contributed by atoms with van der Waals surface area (Å²) in [6.45, 7) is 1.27. The quantitative estimate of drug-likeness (QED) is 0.647. The van der Waals surface area contributed by atoms with E-state index in [0.29, 0.717) is 22.9 Å². The number of amides is 1. The second kappa shape index (κ2) is 7.78. The number of fused-ring (bicyclic) bond motifs is 1. The van der Waals surface area contributed by atoms with Crippen molar-refractivity contribution in [3.05, 3.63) is 70.1 Å². The van der Waals surface area contributed by atoms with Gasteiger partial charge in [-0.25, -0.2) is 9.48 Å². The molecule has 9 heteroatoms. The molecule has 9 nitrogen and oxygen atoms in total. The predicted molar refractivity (Wildman–Crippen MR) is 107 cm³/mol. The van der Waals surface area contributed by atoms with Crippen LogP contribution in [-0.2, 0) is 16.6 Å². The third-order valence-corrected chi connectivity index (χ3v) is 4.76. The van der Waals surface area contributed by atoms with Gasteiger partial charge in [0.25, 0.3) is 11.5 Å². The summed E-state index contributed by atoms with van der Waals surface area (Å²) < 4.78 is 18.6. The number of rotatable bonds is 5. The minimum Gasteiger partial charge on any atom is -0.454 e. The highest BCUT2D eigenvalue weighted by molar-refractivity contribution is 5.96. The maximum absolute atomic E-state index is 12.8. The van der Waals surface area contributed by atoms with Crippen LogP contribution in [0.1, 0.15) is 16.1 Å². The number of ether oxygens (including phenoxy) is 3. The highest BCUT2D eigenvalue weighted by atomic mass is 16.7. The number of esters is 1. The smallest absolute Gasteiger partial charge is 0.338 e. The Balaban J connectivity index is 1.44. The van der Waals surface area contributed by atoms with Crippen molar-refractivity contribution in [2.24, 2.45) is 7.05 Å². The average Bonchev–Trinajstić information content (AvgIpc) is 3.31. The zero-order chi connectivity index (χ0) is 21.3. The number of carbonyl (C=O) groups excluding carboxylic acids is 2. The fourth-order valence-corrected chi connectivity index (χ4v) is 3.13. The summed E-state index contributed by atoms with van der Waals surface area (Å²) in [5.74, 6) is -0.321. The van der Waals surface area contributed by atoms with Gasteiger partial charge in [-0.2, -0.15) is 0 Å². The van der Waals surface area contributed by atoms with Crippen molar-refractivity contribution in [3.63, 3.8) is 0 Å². The number of nitrogens with one attached hydrogen (secondary N) is 1. The van der Waals surface area contributed by atoms with Gasteiger partial charge >= 0.3 is 5.97 Å². The van der Waals surface area contributed by atoms with Gasteiger partial charge in [0.05, 0.1) is 16.9 Å². The lowest BCUT2D eigenvalue weighted by molar-refractivity contribution is -0.119. The van der Waals surface area contributed by atoms with Crippen molar-refractivity contribution in [2.75, 3.05) is 18.7 Å². The fraction of sp³-hybridized carbons (Fsp3) is 0.190. The Hall–Kier alpha value is -4.01. The third-order valence-electron chi connectivity index (χ3n) is 4.76. The molecule has 0 spiro atoms. The molecule has 30 heavy (non-hydrogen) atoms. The molecule has 0 atom stereocenters. The lowest BCUT2D eigenvalue weighted by atomic mass is 10.2. The molecule has 1 amide bonds. The molecule has 1 aliphatic rings. The molecule has 154 valence electrons. The molecular formula is C21H19N3O6. The highest BCUT2D eigenvalue weighted by Crippen LogP contribution is 2.32. The summed E-state index contributed by atoms with van der Waals surface area (Å²) in [4.78, 5) is 37.3. The van der Waals surface area contributed by atoms with E-state index in [1.54, 1.807) is 36.9 Å². The van der Waals surface area contributed by atoms with Crippen LogP contribution in [-0.4, -0.2) is 34.6 Å². The zero-order valence-electron chi connectivity index (χ0n) is 16.4. The van der Waals surface area contributed by atoms with E-state index in [1.807, 2.05) is 18.2 Å². The molecule has 0 fully saturated rings. The summed E-state index contributed by atoms with van der Waals surface area (Å²) >= 11 is 0. The van der Waals surface area contributed by atoms with E-state index in [4.69, 9.17) is 14.2 Å².